The summed E-state index contributed by atoms with van der Waals surface area (Å²) in [5.41, 5.74) is 0.163. The third-order valence-corrected chi connectivity index (χ3v) is 4.89. The van der Waals surface area contributed by atoms with Crippen LogP contribution in [-0.4, -0.2) is 49.8 Å². The normalized spacial score (nSPS) is 17.9. The van der Waals surface area contributed by atoms with Gasteiger partial charge in [-0.1, -0.05) is 24.3 Å². The molecule has 1 N–H and O–H groups in total. The van der Waals surface area contributed by atoms with Gasteiger partial charge in [0, 0.05) is 36.4 Å². The quantitative estimate of drug-likeness (QED) is 0.737. The number of carbonyl (C=O) groups excluding carboxylic acids is 1. The van der Waals surface area contributed by atoms with Crippen molar-refractivity contribution >= 4 is 15.7 Å². The van der Waals surface area contributed by atoms with Crippen molar-refractivity contribution in [1.82, 2.24) is 15.3 Å². The smallest absolute Gasteiger partial charge is 0.258 e. The van der Waals surface area contributed by atoms with Gasteiger partial charge >= 0.3 is 0 Å². The van der Waals surface area contributed by atoms with E-state index < -0.39 is 21.8 Å². The molecule has 0 radical (unpaired) electrons. The molecule has 2 aromatic rings. The number of carbonyl (C=O) groups is 1. The van der Waals surface area contributed by atoms with Gasteiger partial charge in [-0.05, 0) is 25.5 Å². The van der Waals surface area contributed by atoms with Crippen LogP contribution in [0.25, 0.3) is 0 Å². The molecule has 8 nitrogen and oxygen atoms in total. The maximum Gasteiger partial charge on any atom is 0.258 e. The van der Waals surface area contributed by atoms with Crippen molar-refractivity contribution in [3.05, 3.63) is 59.4 Å². The minimum Gasteiger partial charge on any atom is -0.438 e. The number of aromatic nitrogens is 2. The van der Waals surface area contributed by atoms with Crippen molar-refractivity contribution in [2.75, 3.05) is 19.5 Å². The molecule has 0 spiro atoms. The highest BCUT2D eigenvalue weighted by molar-refractivity contribution is 7.93. The molecule has 0 saturated carbocycles. The second-order valence-corrected chi connectivity index (χ2v) is 8.77. The molecule has 2 heterocycles. The molecule has 1 aliphatic rings. The summed E-state index contributed by atoms with van der Waals surface area (Å²) in [6, 6.07) is 8.52. The van der Waals surface area contributed by atoms with Crippen LogP contribution in [0.5, 0.6) is 11.6 Å². The van der Waals surface area contributed by atoms with E-state index in [-0.39, 0.29) is 17.4 Å². The van der Waals surface area contributed by atoms with E-state index in [0.717, 1.165) is 18.1 Å². The Kier molecular flexibility index (Phi) is 6.60. The van der Waals surface area contributed by atoms with Gasteiger partial charge in [0.15, 0.2) is 9.84 Å². The zero-order chi connectivity index (χ0) is 20.9. The Balaban J connectivity index is 1.85. The number of nitrogens with zero attached hydrogens (tertiary/aromatic N) is 2. The highest BCUT2D eigenvalue weighted by Crippen LogP contribution is 2.27. The molecule has 1 fully saturated rings. The van der Waals surface area contributed by atoms with Crippen LogP contribution in [0.2, 0.25) is 0 Å². The number of nitrogens with one attached hydrogen (secondary N) is 1. The Morgan fingerprint density at radius 3 is 2.76 bits per heavy atom. The van der Waals surface area contributed by atoms with Crippen LogP contribution in [0.3, 0.4) is 0 Å². The summed E-state index contributed by atoms with van der Waals surface area (Å²) in [6.45, 7) is 2.85. The van der Waals surface area contributed by atoms with Crippen LogP contribution < -0.4 is 10.1 Å². The Morgan fingerprint density at radius 1 is 1.34 bits per heavy atom. The van der Waals surface area contributed by atoms with Crippen molar-refractivity contribution in [2.45, 2.75) is 25.3 Å². The molecule has 1 saturated heterocycles. The first kappa shape index (κ1) is 20.9. The highest BCUT2D eigenvalue weighted by Gasteiger charge is 2.24. The number of para-hydroxylation sites is 1. The fraction of sp³-hybridized carbons (Fsp3) is 0.350. The maximum atomic E-state index is 12.7. The summed E-state index contributed by atoms with van der Waals surface area (Å²) < 4.78 is 33.8. The first-order valence-electron chi connectivity index (χ1n) is 9.18. The van der Waals surface area contributed by atoms with Crippen molar-refractivity contribution in [2.24, 2.45) is 0 Å². The van der Waals surface area contributed by atoms with Crippen LogP contribution in [0.1, 0.15) is 35.4 Å². The molecule has 9 heteroatoms. The number of benzene rings is 1. The number of hydrogen-bond donors (Lipinski definition) is 1. The van der Waals surface area contributed by atoms with Crippen molar-refractivity contribution in [3.8, 4) is 11.6 Å². The van der Waals surface area contributed by atoms with Crippen molar-refractivity contribution < 1.29 is 22.7 Å². The van der Waals surface area contributed by atoms with E-state index in [2.05, 4.69) is 15.3 Å². The van der Waals surface area contributed by atoms with E-state index >= 15 is 0 Å². The maximum absolute atomic E-state index is 12.7. The number of sulfone groups is 1. The van der Waals surface area contributed by atoms with E-state index in [1.54, 1.807) is 19.1 Å². The number of ether oxygens (including phenoxy) is 2. The predicted molar refractivity (Wildman–Crippen MR) is 108 cm³/mol. The second kappa shape index (κ2) is 9.15. The molecule has 0 bridgehead atoms. The lowest BCUT2D eigenvalue weighted by atomic mass is 10.1. The van der Waals surface area contributed by atoms with E-state index in [9.17, 15) is 13.2 Å². The van der Waals surface area contributed by atoms with Gasteiger partial charge in [-0.25, -0.2) is 13.4 Å². The lowest BCUT2D eigenvalue weighted by Gasteiger charge is -2.15. The zero-order valence-electron chi connectivity index (χ0n) is 16.2. The SMILES string of the molecule is C[C@@H](/C=C/S(C)(=O)=O)NC(=O)c1cnc(C2CCOC2)nc1Oc1ccccc1. The van der Waals surface area contributed by atoms with Crippen molar-refractivity contribution in [1.29, 1.82) is 0 Å². The number of rotatable bonds is 7. The molecule has 154 valence electrons. The first-order valence-corrected chi connectivity index (χ1v) is 11.1. The molecule has 1 aliphatic heterocycles. The van der Waals surface area contributed by atoms with Gasteiger partial charge in [0.25, 0.3) is 5.91 Å². The second-order valence-electron chi connectivity index (χ2n) is 6.84. The van der Waals surface area contributed by atoms with E-state index in [4.69, 9.17) is 9.47 Å². The summed E-state index contributed by atoms with van der Waals surface area (Å²) in [6.07, 6.45) is 4.73. The van der Waals surface area contributed by atoms with Gasteiger partial charge in [-0.3, -0.25) is 4.79 Å². The molecule has 1 aromatic heterocycles. The van der Waals surface area contributed by atoms with Gasteiger partial charge in [0.1, 0.15) is 17.1 Å². The van der Waals surface area contributed by atoms with Gasteiger partial charge < -0.3 is 14.8 Å². The third-order valence-electron chi connectivity index (χ3n) is 4.24. The van der Waals surface area contributed by atoms with E-state index in [1.807, 2.05) is 18.2 Å². The largest absolute Gasteiger partial charge is 0.438 e. The molecular formula is C20H23N3O5S. The van der Waals surface area contributed by atoms with Gasteiger partial charge in [0.05, 0.1) is 6.61 Å². The van der Waals surface area contributed by atoms with Gasteiger partial charge in [-0.15, -0.1) is 0 Å². The average Bonchev–Trinajstić information content (AvgIpc) is 3.21. The molecule has 1 unspecified atom stereocenters. The summed E-state index contributed by atoms with van der Waals surface area (Å²) in [4.78, 5) is 21.6. The highest BCUT2D eigenvalue weighted by atomic mass is 32.2. The molecular weight excluding hydrogens is 394 g/mol. The molecule has 29 heavy (non-hydrogen) atoms. The van der Waals surface area contributed by atoms with Crippen LogP contribution >= 0.6 is 0 Å². The standard InChI is InChI=1S/C20H23N3O5S/c1-14(9-11-29(2,25)26)22-19(24)17-12-21-18(15-8-10-27-13-15)23-20(17)28-16-6-4-3-5-7-16/h3-7,9,11-12,14-15H,8,10,13H2,1-2H3,(H,22,24)/b11-9+/t14-,15?/m0/s1. The summed E-state index contributed by atoms with van der Waals surface area (Å²) in [7, 11) is -3.28. The van der Waals surface area contributed by atoms with E-state index in [1.165, 1.54) is 12.3 Å². The van der Waals surface area contributed by atoms with Crippen LogP contribution in [0.15, 0.2) is 48.0 Å². The fourth-order valence-electron chi connectivity index (χ4n) is 2.74. The number of amides is 1. The molecule has 3 rings (SSSR count). The average molecular weight is 417 g/mol. The Bertz CT molecular complexity index is 986. The van der Waals surface area contributed by atoms with E-state index in [0.29, 0.717) is 24.8 Å². The molecule has 2 atom stereocenters. The van der Waals surface area contributed by atoms with Gasteiger partial charge in [-0.2, -0.15) is 4.98 Å². The topological polar surface area (TPSA) is 107 Å². The molecule has 0 aliphatic carbocycles. The minimum absolute atomic E-state index is 0.0573. The lowest BCUT2D eigenvalue weighted by molar-refractivity contribution is 0.0943. The van der Waals surface area contributed by atoms with Crippen LogP contribution in [0.4, 0.5) is 0 Å². The Labute approximate surface area is 169 Å². The fourth-order valence-corrected chi connectivity index (χ4v) is 3.26. The Hall–Kier alpha value is -2.78. The number of hydrogen-bond acceptors (Lipinski definition) is 7. The summed E-state index contributed by atoms with van der Waals surface area (Å²) >= 11 is 0. The first-order chi connectivity index (χ1) is 13.8. The molecule has 1 amide bonds. The minimum atomic E-state index is -3.28. The summed E-state index contributed by atoms with van der Waals surface area (Å²) in [5, 5.41) is 3.76. The van der Waals surface area contributed by atoms with Gasteiger partial charge in [0.2, 0.25) is 5.88 Å². The van der Waals surface area contributed by atoms with Crippen LogP contribution in [0, 0.1) is 0 Å². The van der Waals surface area contributed by atoms with Crippen molar-refractivity contribution in [3.63, 3.8) is 0 Å². The van der Waals surface area contributed by atoms with Crippen LogP contribution in [-0.2, 0) is 14.6 Å². The Morgan fingerprint density at radius 2 is 2.10 bits per heavy atom. The lowest BCUT2D eigenvalue weighted by Crippen LogP contribution is -2.32. The zero-order valence-corrected chi connectivity index (χ0v) is 17.1. The monoisotopic (exact) mass is 417 g/mol. The predicted octanol–water partition coefficient (Wildman–Crippen LogP) is 2.45. The summed E-state index contributed by atoms with van der Waals surface area (Å²) in [5.74, 6) is 0.844. The molecule has 1 aromatic carbocycles. The third kappa shape index (κ3) is 6.10.